The van der Waals surface area contributed by atoms with Crippen molar-refractivity contribution in [3.8, 4) is 0 Å². The van der Waals surface area contributed by atoms with E-state index in [9.17, 15) is 4.79 Å². The van der Waals surface area contributed by atoms with Crippen molar-refractivity contribution in [3.05, 3.63) is 77.4 Å². The van der Waals surface area contributed by atoms with E-state index in [1.54, 1.807) is 18.2 Å². The lowest BCUT2D eigenvalue weighted by Crippen LogP contribution is -1.92. The molecule has 8 bridgehead atoms. The Morgan fingerprint density at radius 1 is 0.966 bits per heavy atom. The van der Waals surface area contributed by atoms with Crippen LogP contribution in [0.1, 0.15) is 36.6 Å². The molecule has 5 heteroatoms. The van der Waals surface area contributed by atoms with Crippen LogP contribution in [0.3, 0.4) is 0 Å². The maximum Gasteiger partial charge on any atom is 0.162 e. The zero-order valence-electron chi connectivity index (χ0n) is 16.8. The van der Waals surface area contributed by atoms with Gasteiger partial charge in [0, 0.05) is 27.6 Å². The molecule has 0 aliphatic carbocycles. The van der Waals surface area contributed by atoms with Crippen molar-refractivity contribution < 1.29 is 6.17 Å². The number of Topliss-reactive ketones (excluding diaryl/α,β-unsaturated/α-hetero) is 1. The van der Waals surface area contributed by atoms with Gasteiger partial charge in [-0.25, -0.2) is 9.97 Å². The zero-order chi connectivity index (χ0) is 20.8. The van der Waals surface area contributed by atoms with Crippen LogP contribution in [-0.2, 0) is 4.79 Å². The van der Waals surface area contributed by atoms with Gasteiger partial charge in [0.1, 0.15) is 0 Å². The maximum atomic E-state index is 12.3. The first-order valence-corrected chi connectivity index (χ1v) is 9.25. The summed E-state index contributed by atoms with van der Waals surface area (Å²) >= 11 is 0. The Bertz CT molecular complexity index is 1450. The molecule has 3 aromatic rings. The van der Waals surface area contributed by atoms with Crippen molar-refractivity contribution in [2.24, 2.45) is 0 Å². The number of hydrogen-bond acceptors (Lipinski definition) is 3. The second kappa shape index (κ2) is 6.56. The van der Waals surface area contributed by atoms with Gasteiger partial charge in [0.25, 0.3) is 0 Å². The summed E-state index contributed by atoms with van der Waals surface area (Å²) in [6.45, 7) is 5.35. The van der Waals surface area contributed by atoms with Crippen LogP contribution in [0.15, 0.2) is 49.0 Å². The molecular weight excluding hydrogens is 360 g/mol. The Hall–Kier alpha value is -3.99. The predicted octanol–water partition coefficient (Wildman–Crippen LogP) is 5.26. The quantitative estimate of drug-likeness (QED) is 0.499. The molecule has 29 heavy (non-hydrogen) atoms. The lowest BCUT2D eigenvalue weighted by atomic mass is 10.1. The van der Waals surface area contributed by atoms with Crippen molar-refractivity contribution in [1.82, 2.24) is 19.9 Å². The normalized spacial score (nSPS) is 13.5. The highest BCUT2D eigenvalue weighted by molar-refractivity contribution is 6.24. The van der Waals surface area contributed by atoms with Gasteiger partial charge in [-0.1, -0.05) is 12.7 Å². The van der Waals surface area contributed by atoms with Crippen molar-refractivity contribution in [3.63, 3.8) is 0 Å². The number of fused-ring (bicyclic) bond motifs is 8. The third kappa shape index (κ3) is 3.23. The number of rotatable bonds is 2. The van der Waals surface area contributed by atoms with Crippen LogP contribution in [0.4, 0.5) is 0 Å². The SMILES string of the molecule is [2H]C1=C(C(C)=O)c2cc3cc(C=C)c(cc4nc(cc5ccc(cc1n2)[nH]5)C=C4)[nH]3. The van der Waals surface area contributed by atoms with Gasteiger partial charge >= 0.3 is 0 Å². The van der Waals surface area contributed by atoms with Gasteiger partial charge in [-0.2, -0.15) is 0 Å². The van der Waals surface area contributed by atoms with Crippen molar-refractivity contribution in [1.29, 1.82) is 0 Å². The minimum Gasteiger partial charge on any atom is -0.355 e. The van der Waals surface area contributed by atoms with E-state index >= 15 is 0 Å². The number of H-pyrrole nitrogens is 2. The molecule has 2 N–H and O–H groups in total. The van der Waals surface area contributed by atoms with Crippen LogP contribution in [0.25, 0.3) is 51.9 Å². The smallest absolute Gasteiger partial charge is 0.162 e. The first-order chi connectivity index (χ1) is 14.5. The van der Waals surface area contributed by atoms with Crippen LogP contribution in [0.5, 0.6) is 0 Å². The van der Waals surface area contributed by atoms with Crippen molar-refractivity contribution >= 4 is 57.7 Å². The molecule has 140 valence electrons. The average Bonchev–Trinajstić information content (AvgIpc) is 3.46. The summed E-state index contributed by atoms with van der Waals surface area (Å²) in [6.07, 6.45) is 5.69. The monoisotopic (exact) mass is 379 g/mol. The summed E-state index contributed by atoms with van der Waals surface area (Å²) in [6, 6.07) is 13.4. The number of aromatic amines is 2. The average molecular weight is 379 g/mol. The second-order valence-electron chi connectivity index (χ2n) is 6.98. The van der Waals surface area contributed by atoms with E-state index in [4.69, 9.17) is 1.37 Å². The molecule has 0 saturated heterocycles. The molecular formula is C24H18N4O. The minimum absolute atomic E-state index is 0.127. The minimum atomic E-state index is -0.188. The fourth-order valence-electron chi connectivity index (χ4n) is 3.48. The van der Waals surface area contributed by atoms with Crippen LogP contribution in [0, 0.1) is 0 Å². The Kier molecular flexibility index (Phi) is 3.62. The van der Waals surface area contributed by atoms with Crippen LogP contribution in [-0.4, -0.2) is 25.7 Å². The van der Waals surface area contributed by atoms with E-state index in [1.807, 2.05) is 42.5 Å². The zero-order valence-corrected chi connectivity index (χ0v) is 15.8. The fourth-order valence-corrected chi connectivity index (χ4v) is 3.48. The fraction of sp³-hybridized carbons (Fsp3) is 0.0417. The highest BCUT2D eigenvalue weighted by Crippen LogP contribution is 2.24. The standard InChI is InChI=1S/C24H18N4O/c1-3-15-8-20-13-24-22(14(2)29)11-21(28-24)10-18-5-4-16(25-18)9-17-6-7-19(26-17)12-23(15)27-20/h3-13,25,27H,1H2,2H3/i11D. The summed E-state index contributed by atoms with van der Waals surface area (Å²) in [5.74, 6) is -0.188. The Morgan fingerprint density at radius 3 is 2.41 bits per heavy atom. The van der Waals surface area contributed by atoms with Gasteiger partial charge in [-0.3, -0.25) is 4.79 Å². The highest BCUT2D eigenvalue weighted by Gasteiger charge is 2.14. The lowest BCUT2D eigenvalue weighted by molar-refractivity contribution is -0.111. The van der Waals surface area contributed by atoms with E-state index in [0.29, 0.717) is 17.0 Å². The first kappa shape index (κ1) is 16.0. The third-order valence-electron chi connectivity index (χ3n) is 4.82. The number of hydrogen-bond donors (Lipinski definition) is 2. The molecule has 0 radical (unpaired) electrons. The number of carbonyl (C=O) groups is 1. The molecule has 5 heterocycles. The predicted molar refractivity (Wildman–Crippen MR) is 119 cm³/mol. The van der Waals surface area contributed by atoms with Gasteiger partial charge in [0.15, 0.2) is 5.78 Å². The molecule has 0 spiro atoms. The van der Waals surface area contributed by atoms with Gasteiger partial charge in [0.2, 0.25) is 0 Å². The summed E-state index contributed by atoms with van der Waals surface area (Å²) in [5.41, 5.74) is 7.15. The highest BCUT2D eigenvalue weighted by atomic mass is 16.1. The van der Waals surface area contributed by atoms with Crippen LogP contribution >= 0.6 is 0 Å². The van der Waals surface area contributed by atoms with Gasteiger partial charge in [-0.15, -0.1) is 0 Å². The molecule has 5 nitrogen and oxygen atoms in total. The number of ketones is 1. The lowest BCUT2D eigenvalue weighted by Gasteiger charge is -1.93. The van der Waals surface area contributed by atoms with E-state index in [0.717, 1.165) is 39.0 Å². The molecule has 2 aliphatic heterocycles. The van der Waals surface area contributed by atoms with E-state index in [2.05, 4.69) is 26.5 Å². The van der Waals surface area contributed by atoms with Gasteiger partial charge in [-0.05, 0) is 73.2 Å². The number of aromatic nitrogens is 4. The Morgan fingerprint density at radius 2 is 1.69 bits per heavy atom. The molecule has 2 aliphatic rings. The van der Waals surface area contributed by atoms with Crippen molar-refractivity contribution in [2.75, 3.05) is 0 Å². The molecule has 0 fully saturated rings. The Labute approximate surface area is 168 Å². The van der Waals surface area contributed by atoms with Crippen LogP contribution in [0.2, 0.25) is 0 Å². The topological polar surface area (TPSA) is 74.4 Å². The largest absolute Gasteiger partial charge is 0.355 e. The number of allylic oxidation sites excluding steroid dienone is 1. The van der Waals surface area contributed by atoms with E-state index in [-0.39, 0.29) is 11.8 Å². The third-order valence-corrected chi connectivity index (χ3v) is 4.82. The van der Waals surface area contributed by atoms with Crippen molar-refractivity contribution in [2.45, 2.75) is 6.92 Å². The van der Waals surface area contributed by atoms with Gasteiger partial charge < -0.3 is 9.97 Å². The Balaban J connectivity index is 1.91. The van der Waals surface area contributed by atoms with E-state index in [1.165, 1.54) is 6.92 Å². The number of carbonyl (C=O) groups excluding carboxylic acids is 1. The molecule has 0 amide bonds. The summed E-state index contributed by atoms with van der Waals surface area (Å²) in [7, 11) is 0. The van der Waals surface area contributed by atoms with E-state index < -0.39 is 0 Å². The number of nitrogens with one attached hydrogen (secondary N) is 2. The molecule has 5 rings (SSSR count). The molecule has 3 aromatic heterocycles. The molecule has 0 atom stereocenters. The van der Waals surface area contributed by atoms with Gasteiger partial charge in [0.05, 0.1) is 24.1 Å². The maximum absolute atomic E-state index is 12.3. The first-order valence-electron chi connectivity index (χ1n) is 9.75. The summed E-state index contributed by atoms with van der Waals surface area (Å²) < 4.78 is 8.48. The second-order valence-corrected chi connectivity index (χ2v) is 6.98. The molecule has 0 aromatic carbocycles. The number of nitrogens with zero attached hydrogens (tertiary/aromatic N) is 2. The molecule has 0 saturated carbocycles. The summed E-state index contributed by atoms with van der Waals surface area (Å²) in [5, 5.41) is 0. The summed E-state index contributed by atoms with van der Waals surface area (Å²) in [4.78, 5) is 28.1. The molecule has 0 unspecified atom stereocenters. The van der Waals surface area contributed by atoms with Crippen LogP contribution < -0.4 is 0 Å².